The molecule has 4 atom stereocenters. The van der Waals surface area contributed by atoms with E-state index in [-0.39, 0.29) is 24.0 Å². The zero-order chi connectivity index (χ0) is 27.4. The van der Waals surface area contributed by atoms with Crippen LogP contribution in [0.25, 0.3) is 11.0 Å². The number of aliphatic hydroxyl groups is 1. The molecule has 1 aliphatic heterocycles. The second kappa shape index (κ2) is 11.6. The summed E-state index contributed by atoms with van der Waals surface area (Å²) in [6, 6.07) is 16.2. The van der Waals surface area contributed by atoms with Gasteiger partial charge in [-0.1, -0.05) is 18.2 Å². The van der Waals surface area contributed by atoms with Crippen LogP contribution in [-0.4, -0.2) is 62.6 Å². The van der Waals surface area contributed by atoms with Gasteiger partial charge in [0.05, 0.1) is 35.7 Å². The lowest BCUT2D eigenvalue weighted by molar-refractivity contribution is -0.130. The van der Waals surface area contributed by atoms with Gasteiger partial charge in [0, 0.05) is 11.8 Å². The molecule has 2 unspecified atom stereocenters. The van der Waals surface area contributed by atoms with Crippen LogP contribution in [0.4, 0.5) is 5.82 Å². The summed E-state index contributed by atoms with van der Waals surface area (Å²) in [5.41, 5.74) is 1.54. The van der Waals surface area contributed by atoms with E-state index >= 15 is 0 Å². The molecule has 39 heavy (non-hydrogen) atoms. The van der Waals surface area contributed by atoms with Crippen LogP contribution in [-0.2, 0) is 9.53 Å². The van der Waals surface area contributed by atoms with Gasteiger partial charge in [-0.2, -0.15) is 0 Å². The number of rotatable bonds is 9. The number of hydrogen-bond donors (Lipinski definition) is 4. The Morgan fingerprint density at radius 1 is 1.05 bits per heavy atom. The normalized spacial score (nSPS) is 18.7. The minimum absolute atomic E-state index is 0.0358. The number of H-pyrrole nitrogens is 1. The summed E-state index contributed by atoms with van der Waals surface area (Å²) < 4.78 is 11.8. The Balaban J connectivity index is 1.27. The van der Waals surface area contributed by atoms with Crippen molar-refractivity contribution in [2.45, 2.75) is 51.0 Å². The Hall–Kier alpha value is -4.28. The first-order valence-electron chi connectivity index (χ1n) is 13.0. The zero-order valence-electron chi connectivity index (χ0n) is 21.8. The molecule has 202 valence electrons. The molecule has 0 aliphatic carbocycles. The lowest BCUT2D eigenvalue weighted by atomic mass is 9.99. The Morgan fingerprint density at radius 2 is 1.79 bits per heavy atom. The highest BCUT2D eigenvalue weighted by atomic mass is 16.5. The number of carbonyl (C=O) groups is 2. The molecule has 0 saturated carbocycles. The molecule has 3 heterocycles. The van der Waals surface area contributed by atoms with Crippen LogP contribution in [0.2, 0.25) is 0 Å². The molecule has 0 spiro atoms. The average molecular weight is 530 g/mol. The molecule has 0 bridgehead atoms. The zero-order valence-corrected chi connectivity index (χ0v) is 21.8. The first kappa shape index (κ1) is 26.3. The number of fused-ring (bicyclic) bond motifs is 1. The maximum absolute atomic E-state index is 13.5. The number of carbonyl (C=O) groups excluding carboxylic acids is 2. The van der Waals surface area contributed by atoms with Crippen molar-refractivity contribution < 1.29 is 24.2 Å². The molecule has 1 fully saturated rings. The fraction of sp³-hybridized carbons (Fsp3) is 0.310. The van der Waals surface area contributed by atoms with E-state index in [4.69, 9.17) is 9.47 Å². The highest BCUT2D eigenvalue weighted by Gasteiger charge is 2.28. The number of hydrogen-bond acceptors (Lipinski definition) is 8. The van der Waals surface area contributed by atoms with E-state index < -0.39 is 12.0 Å². The summed E-state index contributed by atoms with van der Waals surface area (Å²) in [5.74, 6) is 1.33. The van der Waals surface area contributed by atoms with Crippen LogP contribution in [0.5, 0.6) is 11.5 Å². The predicted octanol–water partition coefficient (Wildman–Crippen LogP) is 3.83. The average Bonchev–Trinajstić information content (AvgIpc) is 3.39. The van der Waals surface area contributed by atoms with Gasteiger partial charge in [-0.15, -0.1) is 0 Å². The van der Waals surface area contributed by atoms with Crippen molar-refractivity contribution in [1.82, 2.24) is 20.3 Å². The minimum Gasteiger partial charge on any atom is -0.457 e. The highest BCUT2D eigenvalue weighted by Crippen LogP contribution is 2.29. The van der Waals surface area contributed by atoms with Crippen molar-refractivity contribution >= 4 is 28.5 Å². The Morgan fingerprint density at radius 3 is 2.49 bits per heavy atom. The van der Waals surface area contributed by atoms with Crippen LogP contribution in [0, 0.1) is 0 Å². The first-order valence-corrected chi connectivity index (χ1v) is 13.0. The number of ketones is 1. The van der Waals surface area contributed by atoms with Gasteiger partial charge in [0.1, 0.15) is 35.4 Å². The van der Waals surface area contributed by atoms with Crippen molar-refractivity contribution in [1.29, 1.82) is 0 Å². The Kier molecular flexibility index (Phi) is 7.85. The van der Waals surface area contributed by atoms with Crippen molar-refractivity contribution in [2.75, 3.05) is 11.9 Å². The van der Waals surface area contributed by atoms with Crippen LogP contribution < -0.4 is 15.4 Å². The molecule has 2 aromatic heterocycles. The third-order valence-corrected chi connectivity index (χ3v) is 6.77. The summed E-state index contributed by atoms with van der Waals surface area (Å²) in [4.78, 5) is 37.1. The number of nitrogens with zero attached hydrogens (tertiary/aromatic N) is 2. The summed E-state index contributed by atoms with van der Waals surface area (Å²) in [6.45, 7) is 3.70. The number of para-hydroxylation sites is 1. The molecule has 1 amide bonds. The smallest absolute Gasteiger partial charge is 0.248 e. The van der Waals surface area contributed by atoms with E-state index in [0.29, 0.717) is 46.8 Å². The summed E-state index contributed by atoms with van der Waals surface area (Å²) >= 11 is 0. The van der Waals surface area contributed by atoms with Gasteiger partial charge >= 0.3 is 0 Å². The first-order chi connectivity index (χ1) is 18.9. The predicted molar refractivity (Wildman–Crippen MR) is 146 cm³/mol. The second-order valence-electron chi connectivity index (χ2n) is 9.68. The summed E-state index contributed by atoms with van der Waals surface area (Å²) in [6.07, 6.45) is 3.37. The number of nitrogens with one attached hydrogen (secondary N) is 3. The molecule has 1 saturated heterocycles. The maximum atomic E-state index is 13.5. The molecular formula is C29H31N5O5. The van der Waals surface area contributed by atoms with E-state index in [0.717, 1.165) is 12.2 Å². The standard InChI is InChI=1S/C29H31N5O5/c1-17(33-29(37)18(2)35)24-13-10-20(15-38-24)34-28-25-23(14-30-27(25)31-16-32-28)26(36)19-8-11-22(12-9-19)39-21-6-4-3-5-7-21/h3-9,11-12,14,16-18,20,24,35H,10,13,15H2,1-2H3,(H,33,37)(H2,30,31,32,34)/t17?,18?,20-,24+/m1/s1. The highest BCUT2D eigenvalue weighted by molar-refractivity contribution is 6.18. The molecule has 10 heteroatoms. The maximum Gasteiger partial charge on any atom is 0.248 e. The molecule has 4 N–H and O–H groups in total. The number of aromatic nitrogens is 3. The number of anilines is 1. The van der Waals surface area contributed by atoms with E-state index in [1.165, 1.54) is 13.3 Å². The van der Waals surface area contributed by atoms with Crippen molar-refractivity contribution in [3.8, 4) is 11.5 Å². The molecule has 5 rings (SSSR count). The molecular weight excluding hydrogens is 498 g/mol. The Labute approximate surface area is 225 Å². The molecule has 10 nitrogen and oxygen atoms in total. The van der Waals surface area contributed by atoms with Gasteiger partial charge in [-0.3, -0.25) is 9.59 Å². The van der Waals surface area contributed by atoms with Crippen LogP contribution in [0.15, 0.2) is 67.1 Å². The molecule has 1 aliphatic rings. The SMILES string of the molecule is CC(O)C(=O)NC(C)[C@@H]1CC[C@@H](Nc2ncnc3[nH]cc(C(=O)c4ccc(Oc5ccccc5)cc4)c23)CO1. The topological polar surface area (TPSA) is 138 Å². The lowest BCUT2D eigenvalue weighted by Crippen LogP contribution is -2.49. The number of ether oxygens (including phenoxy) is 2. The number of amides is 1. The number of aromatic amines is 1. The second-order valence-corrected chi connectivity index (χ2v) is 9.68. The third kappa shape index (κ3) is 6.08. The van der Waals surface area contributed by atoms with Crippen molar-refractivity contribution in [2.24, 2.45) is 0 Å². The Bertz CT molecular complexity index is 1430. The van der Waals surface area contributed by atoms with Crippen LogP contribution >= 0.6 is 0 Å². The molecule has 0 radical (unpaired) electrons. The summed E-state index contributed by atoms with van der Waals surface area (Å²) in [7, 11) is 0. The van der Waals surface area contributed by atoms with Gasteiger partial charge in [-0.05, 0) is 63.1 Å². The van der Waals surface area contributed by atoms with Crippen molar-refractivity contribution in [3.63, 3.8) is 0 Å². The summed E-state index contributed by atoms with van der Waals surface area (Å²) in [5, 5.41) is 16.3. The molecule has 2 aromatic carbocycles. The van der Waals surface area contributed by atoms with Crippen molar-refractivity contribution in [3.05, 3.63) is 78.2 Å². The van der Waals surface area contributed by atoms with Crippen LogP contribution in [0.3, 0.4) is 0 Å². The minimum atomic E-state index is -1.07. The fourth-order valence-electron chi connectivity index (χ4n) is 4.62. The number of aliphatic hydroxyl groups excluding tert-OH is 1. The van der Waals surface area contributed by atoms with E-state index in [9.17, 15) is 14.7 Å². The number of benzene rings is 2. The van der Waals surface area contributed by atoms with Gasteiger partial charge in [-0.25, -0.2) is 9.97 Å². The van der Waals surface area contributed by atoms with E-state index in [2.05, 4.69) is 25.6 Å². The quantitative estimate of drug-likeness (QED) is 0.240. The largest absolute Gasteiger partial charge is 0.457 e. The van der Waals surface area contributed by atoms with Crippen LogP contribution in [0.1, 0.15) is 42.6 Å². The molecule has 4 aromatic rings. The fourth-order valence-corrected chi connectivity index (χ4v) is 4.62. The van der Waals surface area contributed by atoms with E-state index in [1.54, 1.807) is 30.5 Å². The third-order valence-electron chi connectivity index (χ3n) is 6.77. The van der Waals surface area contributed by atoms with Gasteiger partial charge in [0.25, 0.3) is 0 Å². The van der Waals surface area contributed by atoms with Gasteiger partial charge in [0.15, 0.2) is 5.78 Å². The lowest BCUT2D eigenvalue weighted by Gasteiger charge is -2.33. The van der Waals surface area contributed by atoms with E-state index in [1.807, 2.05) is 37.3 Å². The van der Waals surface area contributed by atoms with Gasteiger partial charge in [0.2, 0.25) is 5.91 Å². The monoisotopic (exact) mass is 529 g/mol. The van der Waals surface area contributed by atoms with Gasteiger partial charge < -0.3 is 30.2 Å².